The SMILES string of the molecule is Cc1c(C(=O)Nc2ccccc2)sc2ncn(CC(=O)Nc3nccs3)c(=O)c12. The van der Waals surface area contributed by atoms with E-state index in [-0.39, 0.29) is 23.9 Å². The molecule has 0 fully saturated rings. The highest BCUT2D eigenvalue weighted by atomic mass is 32.1. The molecule has 8 nitrogen and oxygen atoms in total. The summed E-state index contributed by atoms with van der Waals surface area (Å²) < 4.78 is 1.23. The molecule has 0 unspecified atom stereocenters. The molecule has 3 heterocycles. The minimum Gasteiger partial charge on any atom is -0.321 e. The molecule has 2 amide bonds. The molecule has 0 aliphatic rings. The van der Waals surface area contributed by atoms with Crippen molar-refractivity contribution in [3.05, 3.63) is 69.0 Å². The Labute approximate surface area is 172 Å². The van der Waals surface area contributed by atoms with Gasteiger partial charge in [0.25, 0.3) is 11.5 Å². The molecule has 0 spiro atoms. The maximum atomic E-state index is 12.9. The van der Waals surface area contributed by atoms with Gasteiger partial charge in [0.2, 0.25) is 5.91 Å². The van der Waals surface area contributed by atoms with Crippen molar-refractivity contribution in [2.45, 2.75) is 13.5 Å². The molecule has 0 radical (unpaired) electrons. The van der Waals surface area contributed by atoms with Crippen LogP contribution in [0.15, 0.2) is 53.0 Å². The van der Waals surface area contributed by atoms with Crippen LogP contribution in [0.4, 0.5) is 10.8 Å². The lowest BCUT2D eigenvalue weighted by molar-refractivity contribution is -0.116. The molecule has 1 aromatic carbocycles. The summed E-state index contributed by atoms with van der Waals surface area (Å²) in [4.78, 5) is 46.8. The standard InChI is InChI=1S/C19H15N5O3S2/c1-11-14-17(29-15(11)16(26)22-12-5-3-2-4-6-12)21-10-24(18(14)27)9-13(25)23-19-20-7-8-28-19/h2-8,10H,9H2,1H3,(H,22,26)(H,20,23,25). The minimum atomic E-state index is -0.377. The first-order valence-electron chi connectivity index (χ1n) is 8.57. The van der Waals surface area contributed by atoms with Crippen LogP contribution >= 0.6 is 22.7 Å². The molecule has 4 rings (SSSR count). The van der Waals surface area contributed by atoms with Crippen molar-refractivity contribution < 1.29 is 9.59 Å². The molecular weight excluding hydrogens is 410 g/mol. The van der Waals surface area contributed by atoms with E-state index in [4.69, 9.17) is 0 Å². The number of thiazole rings is 1. The van der Waals surface area contributed by atoms with Crippen molar-refractivity contribution in [2.75, 3.05) is 10.6 Å². The summed E-state index contributed by atoms with van der Waals surface area (Å²) in [5, 5.41) is 8.00. The minimum absolute atomic E-state index is 0.192. The van der Waals surface area contributed by atoms with Gasteiger partial charge in [0, 0.05) is 17.3 Å². The lowest BCUT2D eigenvalue weighted by atomic mass is 10.2. The van der Waals surface area contributed by atoms with Crippen LogP contribution in [0.25, 0.3) is 10.2 Å². The first-order valence-corrected chi connectivity index (χ1v) is 10.3. The molecule has 10 heteroatoms. The molecule has 0 aliphatic carbocycles. The second kappa shape index (κ2) is 7.94. The van der Waals surface area contributed by atoms with Crippen molar-refractivity contribution >= 4 is 55.5 Å². The van der Waals surface area contributed by atoms with Crippen LogP contribution in [0.3, 0.4) is 0 Å². The number of anilines is 2. The van der Waals surface area contributed by atoms with Gasteiger partial charge in [-0.1, -0.05) is 18.2 Å². The van der Waals surface area contributed by atoms with Crippen molar-refractivity contribution in [3.63, 3.8) is 0 Å². The molecule has 146 valence electrons. The van der Waals surface area contributed by atoms with E-state index in [1.165, 1.54) is 22.2 Å². The number of benzene rings is 1. The van der Waals surface area contributed by atoms with Gasteiger partial charge in [-0.15, -0.1) is 22.7 Å². The van der Waals surface area contributed by atoms with Crippen molar-refractivity contribution in [3.8, 4) is 0 Å². The molecule has 29 heavy (non-hydrogen) atoms. The summed E-state index contributed by atoms with van der Waals surface area (Å²) in [6.07, 6.45) is 2.90. The van der Waals surface area contributed by atoms with E-state index >= 15 is 0 Å². The van der Waals surface area contributed by atoms with E-state index in [1.54, 1.807) is 30.6 Å². The number of rotatable bonds is 5. The van der Waals surface area contributed by atoms with Gasteiger partial charge in [-0.25, -0.2) is 9.97 Å². The van der Waals surface area contributed by atoms with Gasteiger partial charge in [-0.05, 0) is 24.6 Å². The fourth-order valence-electron chi connectivity index (χ4n) is 2.80. The molecular formula is C19H15N5O3S2. The third-order valence-corrected chi connectivity index (χ3v) is 6.03. The maximum Gasteiger partial charge on any atom is 0.266 e. The number of aryl methyl sites for hydroxylation is 1. The van der Waals surface area contributed by atoms with Gasteiger partial charge >= 0.3 is 0 Å². The Morgan fingerprint density at radius 3 is 2.66 bits per heavy atom. The van der Waals surface area contributed by atoms with E-state index in [9.17, 15) is 14.4 Å². The number of thiophene rings is 1. The smallest absolute Gasteiger partial charge is 0.266 e. The molecule has 0 atom stereocenters. The maximum absolute atomic E-state index is 12.9. The zero-order valence-electron chi connectivity index (χ0n) is 15.2. The van der Waals surface area contributed by atoms with Crippen LogP contribution in [0.1, 0.15) is 15.2 Å². The Morgan fingerprint density at radius 2 is 1.93 bits per heavy atom. The van der Waals surface area contributed by atoms with E-state index in [0.717, 1.165) is 11.3 Å². The van der Waals surface area contributed by atoms with Crippen LogP contribution in [-0.4, -0.2) is 26.3 Å². The second-order valence-electron chi connectivity index (χ2n) is 6.12. The Hall–Kier alpha value is -3.37. The van der Waals surface area contributed by atoms with Crippen LogP contribution < -0.4 is 16.2 Å². The zero-order valence-corrected chi connectivity index (χ0v) is 16.8. The number of amides is 2. The third-order valence-electron chi connectivity index (χ3n) is 4.15. The first-order chi connectivity index (χ1) is 14.0. The molecule has 4 aromatic rings. The topological polar surface area (TPSA) is 106 Å². The summed E-state index contributed by atoms with van der Waals surface area (Å²) in [6.45, 7) is 1.52. The number of hydrogen-bond acceptors (Lipinski definition) is 7. The molecule has 0 saturated carbocycles. The summed E-state index contributed by atoms with van der Waals surface area (Å²) in [7, 11) is 0. The predicted molar refractivity (Wildman–Crippen MR) is 114 cm³/mol. The lowest BCUT2D eigenvalue weighted by Crippen LogP contribution is -2.27. The van der Waals surface area contributed by atoms with Crippen LogP contribution in [0.5, 0.6) is 0 Å². The van der Waals surface area contributed by atoms with Crippen molar-refractivity contribution in [1.82, 2.24) is 14.5 Å². The van der Waals surface area contributed by atoms with E-state index in [2.05, 4.69) is 20.6 Å². The molecule has 2 N–H and O–H groups in total. The molecule has 0 aliphatic heterocycles. The molecule has 0 bridgehead atoms. The number of aromatic nitrogens is 3. The monoisotopic (exact) mass is 425 g/mol. The fourth-order valence-corrected chi connectivity index (χ4v) is 4.38. The van der Waals surface area contributed by atoms with Crippen LogP contribution in [0, 0.1) is 6.92 Å². The number of hydrogen-bond donors (Lipinski definition) is 2. The second-order valence-corrected chi connectivity index (χ2v) is 8.01. The average molecular weight is 425 g/mol. The van der Waals surface area contributed by atoms with Crippen LogP contribution in [0.2, 0.25) is 0 Å². The number of para-hydroxylation sites is 1. The summed E-state index contributed by atoms with van der Waals surface area (Å²) in [5.74, 6) is -0.678. The molecule has 3 aromatic heterocycles. The van der Waals surface area contributed by atoms with Gasteiger partial charge < -0.3 is 10.6 Å². The predicted octanol–water partition coefficient (Wildman–Crippen LogP) is 3.11. The highest BCUT2D eigenvalue weighted by Crippen LogP contribution is 2.27. The Bertz CT molecular complexity index is 1250. The van der Waals surface area contributed by atoms with E-state index in [0.29, 0.717) is 31.5 Å². The summed E-state index contributed by atoms with van der Waals surface area (Å²) in [6, 6.07) is 9.08. The highest BCUT2D eigenvalue weighted by Gasteiger charge is 2.20. The zero-order chi connectivity index (χ0) is 20.4. The lowest BCUT2D eigenvalue weighted by Gasteiger charge is -2.05. The van der Waals surface area contributed by atoms with Gasteiger partial charge in [0.05, 0.1) is 16.6 Å². The summed E-state index contributed by atoms with van der Waals surface area (Å²) >= 11 is 2.44. The van der Waals surface area contributed by atoms with Crippen LogP contribution in [-0.2, 0) is 11.3 Å². The van der Waals surface area contributed by atoms with Crippen molar-refractivity contribution in [1.29, 1.82) is 0 Å². The average Bonchev–Trinajstić information content (AvgIpc) is 3.33. The van der Waals surface area contributed by atoms with Crippen molar-refractivity contribution in [2.24, 2.45) is 0 Å². The number of nitrogens with one attached hydrogen (secondary N) is 2. The number of nitrogens with zero attached hydrogens (tertiary/aromatic N) is 3. The Morgan fingerprint density at radius 1 is 1.14 bits per heavy atom. The fraction of sp³-hybridized carbons (Fsp3) is 0.105. The highest BCUT2D eigenvalue weighted by molar-refractivity contribution is 7.20. The molecule has 0 saturated heterocycles. The number of carbonyl (C=O) groups is 2. The van der Waals surface area contributed by atoms with Gasteiger partial charge in [0.1, 0.15) is 11.4 Å². The number of carbonyl (C=O) groups excluding carboxylic acids is 2. The van der Waals surface area contributed by atoms with Gasteiger partial charge in [0.15, 0.2) is 5.13 Å². The van der Waals surface area contributed by atoms with Gasteiger partial charge in [-0.3, -0.25) is 19.0 Å². The Balaban J connectivity index is 1.61. The van der Waals surface area contributed by atoms with Gasteiger partial charge in [-0.2, -0.15) is 0 Å². The Kier molecular flexibility index (Phi) is 5.19. The normalized spacial score (nSPS) is 10.8. The van der Waals surface area contributed by atoms with E-state index < -0.39 is 0 Å². The quantitative estimate of drug-likeness (QED) is 0.511. The largest absolute Gasteiger partial charge is 0.321 e. The van der Waals surface area contributed by atoms with E-state index in [1.807, 2.05) is 18.2 Å². The number of fused-ring (bicyclic) bond motifs is 1. The third kappa shape index (κ3) is 3.93. The summed E-state index contributed by atoms with van der Waals surface area (Å²) in [5.41, 5.74) is 0.848. The first kappa shape index (κ1) is 19.0.